The van der Waals surface area contributed by atoms with Crippen LogP contribution in [0, 0.1) is 0 Å². The topological polar surface area (TPSA) is 78.9 Å². The molecule has 0 radical (unpaired) electrons. The molecule has 0 aliphatic heterocycles. The highest BCUT2D eigenvalue weighted by Crippen LogP contribution is 2.34. The van der Waals surface area contributed by atoms with Gasteiger partial charge in [0.2, 0.25) is 0 Å². The number of rotatable bonds is 10. The van der Waals surface area contributed by atoms with Gasteiger partial charge in [0.15, 0.2) is 5.78 Å². The Morgan fingerprint density at radius 3 is 2.00 bits per heavy atom. The van der Waals surface area contributed by atoms with Crippen molar-refractivity contribution >= 4 is 20.9 Å². The molecule has 0 N–H and O–H groups in total. The second-order valence-corrected chi connectivity index (χ2v) is 6.12. The number of carbonyl (C=O) groups is 2. The van der Waals surface area contributed by atoms with Gasteiger partial charge < -0.3 is 14.2 Å². The Bertz CT molecular complexity index is 756. The van der Waals surface area contributed by atoms with Gasteiger partial charge in [-0.2, -0.15) is 0 Å². The lowest BCUT2D eigenvalue weighted by atomic mass is 9.89. The zero-order valence-corrected chi connectivity index (χ0v) is 18.0. The van der Waals surface area contributed by atoms with E-state index in [0.29, 0.717) is 23.7 Å². The molecule has 0 heterocycles. The quantitative estimate of drug-likeness (QED) is 0.180. The largest absolute Gasteiger partial charge is 0.496 e. The van der Waals surface area contributed by atoms with Crippen LogP contribution in [0.25, 0.3) is 0 Å². The van der Waals surface area contributed by atoms with Crippen molar-refractivity contribution < 1.29 is 28.4 Å². The van der Waals surface area contributed by atoms with E-state index in [0.717, 1.165) is 19.3 Å². The summed E-state index contributed by atoms with van der Waals surface area (Å²) in [5, 5.41) is 0. The van der Waals surface area contributed by atoms with E-state index in [1.165, 1.54) is 14.2 Å². The lowest BCUT2D eigenvalue weighted by Crippen LogP contribution is -2.25. The van der Waals surface area contributed by atoms with Gasteiger partial charge in [0.1, 0.15) is 32.1 Å². The summed E-state index contributed by atoms with van der Waals surface area (Å²) in [4.78, 5) is 26.2. The number of esters is 1. The first-order valence-corrected chi connectivity index (χ1v) is 9.72. The number of Topliss-reactive ketones (excluding diaryl/α,β-unsaturated/α-hetero) is 1. The number of methoxy groups -OCH3 is 2. The third kappa shape index (κ3) is 6.68. The van der Waals surface area contributed by atoms with Crippen molar-refractivity contribution in [2.45, 2.75) is 32.1 Å². The van der Waals surface area contributed by atoms with Crippen LogP contribution in [0.4, 0.5) is 0 Å². The third-order valence-electron chi connectivity index (χ3n) is 4.30. The van der Waals surface area contributed by atoms with Crippen molar-refractivity contribution in [1.82, 2.24) is 0 Å². The molecule has 0 bridgehead atoms. The van der Waals surface area contributed by atoms with Crippen LogP contribution in [0.15, 0.2) is 48.5 Å². The van der Waals surface area contributed by atoms with Gasteiger partial charge in [0, 0.05) is 0 Å². The second kappa shape index (κ2) is 13.5. The highest BCUT2D eigenvalue weighted by Gasteiger charge is 2.34. The van der Waals surface area contributed by atoms with Gasteiger partial charge in [0.05, 0.1) is 20.8 Å². The molecule has 1 atom stereocenters. The van der Waals surface area contributed by atoms with Crippen LogP contribution in [0.1, 0.15) is 48.0 Å². The molecule has 0 spiro atoms. The lowest BCUT2D eigenvalue weighted by Gasteiger charge is -2.18. The molecule has 0 fully saturated rings. The van der Waals surface area contributed by atoms with Crippen LogP contribution in [0.3, 0.4) is 0 Å². The van der Waals surface area contributed by atoms with E-state index in [2.05, 4.69) is 6.92 Å². The molecule has 2 rings (SSSR count). The van der Waals surface area contributed by atoms with E-state index in [-0.39, 0.29) is 5.56 Å². The third-order valence-corrected chi connectivity index (χ3v) is 4.30. The molecular formula is C22H27O6P. The summed E-state index contributed by atoms with van der Waals surface area (Å²) in [7, 11) is 4.68. The maximum Gasteiger partial charge on any atom is 0.321 e. The summed E-state index contributed by atoms with van der Waals surface area (Å²) in [5.41, 5.74) is 0.817. The van der Waals surface area contributed by atoms with Gasteiger partial charge >= 0.3 is 5.97 Å². The fraction of sp³-hybridized carbons (Fsp3) is 0.364. The summed E-state index contributed by atoms with van der Waals surface area (Å²) in [5.74, 6) is -1.32. The van der Waals surface area contributed by atoms with Crippen molar-refractivity contribution in [2.75, 3.05) is 20.8 Å². The van der Waals surface area contributed by atoms with Crippen LogP contribution >= 0.6 is 9.12 Å². The molecule has 6 nitrogen and oxygen atoms in total. The smallest absolute Gasteiger partial charge is 0.321 e. The fourth-order valence-electron chi connectivity index (χ4n) is 2.89. The van der Waals surface area contributed by atoms with E-state index >= 15 is 0 Å². The standard InChI is InChI=1S/C22H26O5.HOP/c1-4-5-9-15-27-22(24)19(16-11-7-6-8-12-16)21(23)20-17(25-2)13-10-14-18(20)26-3;1-2/h6-8,10-14,19H,4-5,9,15H2,1-3H3;2H. The molecule has 0 amide bonds. The van der Waals surface area contributed by atoms with Gasteiger partial charge in [-0.25, -0.2) is 0 Å². The lowest BCUT2D eigenvalue weighted by molar-refractivity contribution is -0.144. The number of hydrogen-bond donors (Lipinski definition) is 0. The number of unbranched alkanes of at least 4 members (excludes halogenated alkanes) is 2. The second-order valence-electron chi connectivity index (χ2n) is 6.12. The average molecular weight is 418 g/mol. The zero-order chi connectivity index (χ0) is 21.6. The monoisotopic (exact) mass is 418 g/mol. The summed E-state index contributed by atoms with van der Waals surface area (Å²) >= 11 is 0. The Morgan fingerprint density at radius 1 is 0.897 bits per heavy atom. The Morgan fingerprint density at radius 2 is 1.48 bits per heavy atom. The van der Waals surface area contributed by atoms with Crippen LogP contribution in [0.2, 0.25) is 0 Å². The Hall–Kier alpha value is -2.72. The van der Waals surface area contributed by atoms with Crippen molar-refractivity contribution in [1.29, 1.82) is 0 Å². The molecule has 2 aromatic carbocycles. The van der Waals surface area contributed by atoms with Crippen molar-refractivity contribution in [3.8, 4) is 11.5 Å². The van der Waals surface area contributed by atoms with Crippen molar-refractivity contribution in [3.63, 3.8) is 0 Å². The minimum absolute atomic E-state index is 0.238. The van der Waals surface area contributed by atoms with E-state index < -0.39 is 17.7 Å². The number of hydrogen-bond acceptors (Lipinski definition) is 6. The van der Waals surface area contributed by atoms with Gasteiger partial charge in [-0.3, -0.25) is 14.2 Å². The number of carbonyl (C=O) groups excluding carboxylic acids is 2. The molecule has 2 aromatic rings. The minimum Gasteiger partial charge on any atom is -0.496 e. The van der Waals surface area contributed by atoms with E-state index in [1.807, 2.05) is 6.07 Å². The first-order chi connectivity index (χ1) is 14.1. The first kappa shape index (κ1) is 24.3. The summed E-state index contributed by atoms with van der Waals surface area (Å²) in [6, 6.07) is 14.0. The zero-order valence-electron chi connectivity index (χ0n) is 17.0. The Balaban J connectivity index is 0.00000204. The van der Waals surface area contributed by atoms with E-state index in [4.69, 9.17) is 18.8 Å². The molecule has 0 aromatic heterocycles. The highest BCUT2D eigenvalue weighted by atomic mass is 31.0. The first-order valence-electron chi connectivity index (χ1n) is 9.31. The molecule has 1 unspecified atom stereocenters. The maximum atomic E-state index is 13.4. The van der Waals surface area contributed by atoms with E-state index in [9.17, 15) is 9.59 Å². The molecule has 7 heteroatoms. The summed E-state index contributed by atoms with van der Waals surface area (Å²) in [6.45, 7) is 2.37. The SMILES string of the molecule is CCCCCOC(=O)C(C(=O)c1c(OC)cccc1OC)c1ccccc1.O=P. The molecule has 0 aliphatic rings. The van der Waals surface area contributed by atoms with Crippen LogP contribution in [-0.2, 0) is 14.1 Å². The predicted octanol–water partition coefficient (Wildman–Crippen LogP) is 4.88. The molecule has 0 saturated carbocycles. The highest BCUT2D eigenvalue weighted by molar-refractivity contribution is 7.00. The molecule has 0 saturated heterocycles. The van der Waals surface area contributed by atoms with Crippen LogP contribution < -0.4 is 9.47 Å². The minimum atomic E-state index is -1.07. The Kier molecular flexibility index (Phi) is 11.3. The maximum absolute atomic E-state index is 13.4. The number of ketones is 1. The normalized spacial score (nSPS) is 10.9. The van der Waals surface area contributed by atoms with Gasteiger partial charge in [0.25, 0.3) is 0 Å². The predicted molar refractivity (Wildman–Crippen MR) is 113 cm³/mol. The van der Waals surface area contributed by atoms with Gasteiger partial charge in [-0.1, -0.05) is 56.2 Å². The average Bonchev–Trinajstić information content (AvgIpc) is 2.78. The van der Waals surface area contributed by atoms with E-state index in [1.54, 1.807) is 51.6 Å². The molecular weight excluding hydrogens is 391 g/mol. The summed E-state index contributed by atoms with van der Waals surface area (Å²) in [6.07, 6.45) is 2.77. The number of benzene rings is 2. The van der Waals surface area contributed by atoms with Crippen LogP contribution in [0.5, 0.6) is 11.5 Å². The van der Waals surface area contributed by atoms with Gasteiger partial charge in [-0.05, 0) is 24.1 Å². The van der Waals surface area contributed by atoms with Crippen LogP contribution in [-0.4, -0.2) is 32.6 Å². The molecule has 29 heavy (non-hydrogen) atoms. The van der Waals surface area contributed by atoms with Crippen molar-refractivity contribution in [3.05, 3.63) is 59.7 Å². The summed E-state index contributed by atoms with van der Waals surface area (Å²) < 4.78 is 24.1. The molecule has 0 aliphatic carbocycles. The van der Waals surface area contributed by atoms with Crippen molar-refractivity contribution in [2.24, 2.45) is 0 Å². The Labute approximate surface area is 173 Å². The van der Waals surface area contributed by atoms with Gasteiger partial charge in [-0.15, -0.1) is 0 Å². The number of ether oxygens (including phenoxy) is 3. The molecule has 156 valence electrons. The fourth-order valence-corrected chi connectivity index (χ4v) is 2.89.